The smallest absolute Gasteiger partial charge is 0.341 e. The minimum atomic E-state index is -4.41. The van der Waals surface area contributed by atoms with Crippen molar-refractivity contribution in [2.75, 3.05) is 49.1 Å². The Morgan fingerprint density at radius 3 is 2.22 bits per heavy atom. The number of rotatable bonds is 6. The van der Waals surface area contributed by atoms with Gasteiger partial charge in [0.15, 0.2) is 5.82 Å². The van der Waals surface area contributed by atoms with E-state index in [1.54, 1.807) is 12.1 Å². The maximum Gasteiger partial charge on any atom is 0.416 e. The maximum atomic E-state index is 13.3. The predicted molar refractivity (Wildman–Crippen MR) is 145 cm³/mol. The molecule has 37 heavy (non-hydrogen) atoms. The molecule has 3 heterocycles. The van der Waals surface area contributed by atoms with Crippen LogP contribution in [0.5, 0.6) is 0 Å². The van der Waals surface area contributed by atoms with Gasteiger partial charge in [-0.05, 0) is 56.3 Å². The number of anilines is 2. The van der Waals surface area contributed by atoms with Crippen LogP contribution in [0.2, 0.25) is 5.02 Å². The Morgan fingerprint density at radius 2 is 1.62 bits per heavy atom. The predicted octanol–water partition coefficient (Wildman–Crippen LogP) is 5.64. The summed E-state index contributed by atoms with van der Waals surface area (Å²) in [6.45, 7) is 11.7. The molecule has 0 radical (unpaired) electrons. The van der Waals surface area contributed by atoms with Crippen LogP contribution < -0.4 is 9.80 Å². The minimum Gasteiger partial charge on any atom is -0.341 e. The molecule has 7 nitrogen and oxygen atoms in total. The van der Waals surface area contributed by atoms with Crippen LogP contribution in [-0.2, 0) is 0 Å². The zero-order valence-corrected chi connectivity index (χ0v) is 22.3. The Kier molecular flexibility index (Phi) is 10.0. The molecule has 2 aromatic rings. The molecule has 11 heteroatoms. The van der Waals surface area contributed by atoms with Crippen molar-refractivity contribution in [2.45, 2.75) is 40.0 Å². The molecule has 0 spiro atoms. The van der Waals surface area contributed by atoms with Crippen molar-refractivity contribution in [3.05, 3.63) is 53.1 Å². The molecule has 0 aliphatic carbocycles. The molecular weight excluding hydrogens is 503 g/mol. The standard InChI is InChI=1S/C24H27ClF3N7.C2H6/c1-3-33(4-2)22-30-21(17-7-9-19(25)10-8-17)31-23(32-22)35-14-12-34(13-15-35)20-16-18(24(26,27)28)6-5-11-29-20;1-2/h5-11,16,20H,3-4,12-15H2,1-2H3;1-2H3. The minimum absolute atomic E-state index is 0.520. The SMILES string of the molecule is CC.CCN(CC)c1nc(-c2ccc(Cl)cc2)nc(N2CCN(C3C=C(C(F)(F)F)C=CC=N3)CC2)n1. The van der Waals surface area contributed by atoms with Crippen LogP contribution in [0.3, 0.4) is 0 Å². The second-order valence-corrected chi connectivity index (χ2v) is 8.59. The number of nitrogens with zero attached hydrogens (tertiary/aromatic N) is 7. The van der Waals surface area contributed by atoms with Crippen molar-refractivity contribution in [3.8, 4) is 11.4 Å². The monoisotopic (exact) mass is 535 g/mol. The highest BCUT2D eigenvalue weighted by Gasteiger charge is 2.34. The number of allylic oxidation sites excluding steroid dienone is 3. The first-order valence-electron chi connectivity index (χ1n) is 12.5. The van der Waals surface area contributed by atoms with Crippen LogP contribution in [0.25, 0.3) is 11.4 Å². The van der Waals surface area contributed by atoms with Crippen molar-refractivity contribution >= 4 is 29.7 Å². The number of halogens is 4. The third kappa shape index (κ3) is 7.29. The number of benzene rings is 1. The van der Waals surface area contributed by atoms with Crippen molar-refractivity contribution in [1.29, 1.82) is 0 Å². The Labute approximate surface area is 221 Å². The average Bonchev–Trinajstić information content (AvgIpc) is 3.18. The van der Waals surface area contributed by atoms with Crippen LogP contribution >= 0.6 is 11.6 Å². The molecule has 1 unspecified atom stereocenters. The van der Waals surface area contributed by atoms with E-state index in [9.17, 15) is 13.2 Å². The second-order valence-electron chi connectivity index (χ2n) is 8.15. The molecule has 0 saturated carbocycles. The first kappa shape index (κ1) is 28.6. The summed E-state index contributed by atoms with van der Waals surface area (Å²) in [7, 11) is 0. The highest BCUT2D eigenvalue weighted by molar-refractivity contribution is 6.30. The molecule has 1 fully saturated rings. The summed E-state index contributed by atoms with van der Waals surface area (Å²) in [5, 5.41) is 0.627. The lowest BCUT2D eigenvalue weighted by Gasteiger charge is -2.37. The van der Waals surface area contributed by atoms with E-state index in [0.29, 0.717) is 48.9 Å². The first-order valence-corrected chi connectivity index (χ1v) is 12.9. The van der Waals surface area contributed by atoms with E-state index in [4.69, 9.17) is 21.6 Å². The summed E-state index contributed by atoms with van der Waals surface area (Å²) in [6, 6.07) is 7.32. The topological polar surface area (TPSA) is 60.8 Å². The average molecular weight is 536 g/mol. The van der Waals surface area contributed by atoms with Gasteiger partial charge in [-0.15, -0.1) is 0 Å². The van der Waals surface area contributed by atoms with Crippen LogP contribution in [0, 0.1) is 0 Å². The summed E-state index contributed by atoms with van der Waals surface area (Å²) in [5.41, 5.74) is 0.145. The Morgan fingerprint density at radius 1 is 0.973 bits per heavy atom. The van der Waals surface area contributed by atoms with Crippen LogP contribution in [0.1, 0.15) is 27.7 Å². The molecule has 2 aliphatic rings. The summed E-state index contributed by atoms with van der Waals surface area (Å²) in [4.78, 5) is 24.4. The fraction of sp³-hybridized carbons (Fsp3) is 0.462. The van der Waals surface area contributed by atoms with Gasteiger partial charge in [0.05, 0.1) is 5.57 Å². The first-order chi connectivity index (χ1) is 17.8. The molecule has 1 atom stereocenters. The Balaban J connectivity index is 0.00000186. The van der Waals surface area contributed by atoms with Crippen LogP contribution in [0.15, 0.2) is 53.1 Å². The number of alkyl halides is 3. The normalized spacial score (nSPS) is 18.1. The number of piperazine rings is 1. The largest absolute Gasteiger partial charge is 0.416 e. The van der Waals surface area contributed by atoms with Gasteiger partial charge in [-0.1, -0.05) is 25.4 Å². The van der Waals surface area contributed by atoms with Gasteiger partial charge in [-0.3, -0.25) is 9.89 Å². The van der Waals surface area contributed by atoms with Gasteiger partial charge >= 0.3 is 6.18 Å². The molecule has 1 aromatic carbocycles. The van der Waals surface area contributed by atoms with E-state index in [2.05, 4.69) is 14.9 Å². The van der Waals surface area contributed by atoms with Gasteiger partial charge in [0.25, 0.3) is 0 Å². The number of hydrogen-bond acceptors (Lipinski definition) is 7. The van der Waals surface area contributed by atoms with E-state index in [-0.39, 0.29) is 0 Å². The third-order valence-corrected chi connectivity index (χ3v) is 6.24. The molecule has 0 N–H and O–H groups in total. The van der Waals surface area contributed by atoms with E-state index in [0.717, 1.165) is 24.7 Å². The number of hydrogen-bond donors (Lipinski definition) is 0. The zero-order chi connectivity index (χ0) is 27.0. The van der Waals surface area contributed by atoms with Gasteiger partial charge in [-0.25, -0.2) is 0 Å². The van der Waals surface area contributed by atoms with Gasteiger partial charge in [0.2, 0.25) is 11.9 Å². The lowest BCUT2D eigenvalue weighted by molar-refractivity contribution is -0.0887. The quantitative estimate of drug-likeness (QED) is 0.477. The van der Waals surface area contributed by atoms with E-state index in [1.165, 1.54) is 18.4 Å². The van der Waals surface area contributed by atoms with Crippen LogP contribution in [0.4, 0.5) is 25.1 Å². The summed E-state index contributed by atoms with van der Waals surface area (Å²) in [5.74, 6) is 1.68. The highest BCUT2D eigenvalue weighted by atomic mass is 35.5. The fourth-order valence-electron chi connectivity index (χ4n) is 3.99. The molecule has 1 aromatic heterocycles. The molecule has 0 bridgehead atoms. The number of aromatic nitrogens is 3. The summed E-state index contributed by atoms with van der Waals surface area (Å²) < 4.78 is 39.8. The molecular formula is C26H33ClF3N7. The maximum absolute atomic E-state index is 13.3. The van der Waals surface area contributed by atoms with Gasteiger partial charge < -0.3 is 9.80 Å². The third-order valence-electron chi connectivity index (χ3n) is 5.99. The van der Waals surface area contributed by atoms with Crippen molar-refractivity contribution in [3.63, 3.8) is 0 Å². The molecule has 4 rings (SSSR count). The Bertz CT molecular complexity index is 1100. The van der Waals surface area contributed by atoms with Crippen molar-refractivity contribution < 1.29 is 13.2 Å². The van der Waals surface area contributed by atoms with E-state index < -0.39 is 17.9 Å². The van der Waals surface area contributed by atoms with E-state index in [1.807, 2.05) is 49.6 Å². The lowest BCUT2D eigenvalue weighted by Crippen LogP contribution is -2.50. The highest BCUT2D eigenvalue weighted by Crippen LogP contribution is 2.29. The second kappa shape index (κ2) is 13.0. The van der Waals surface area contributed by atoms with Gasteiger partial charge in [0, 0.05) is 56.1 Å². The molecule has 2 aliphatic heterocycles. The van der Waals surface area contributed by atoms with Crippen molar-refractivity contribution in [2.24, 2.45) is 4.99 Å². The van der Waals surface area contributed by atoms with Crippen molar-refractivity contribution in [1.82, 2.24) is 19.9 Å². The lowest BCUT2D eigenvalue weighted by atomic mass is 10.2. The zero-order valence-electron chi connectivity index (χ0n) is 21.6. The summed E-state index contributed by atoms with van der Waals surface area (Å²) >= 11 is 6.05. The molecule has 0 amide bonds. The summed E-state index contributed by atoms with van der Waals surface area (Å²) in [6.07, 6.45) is -0.0973. The molecule has 200 valence electrons. The van der Waals surface area contributed by atoms with Gasteiger partial charge in [-0.2, -0.15) is 28.1 Å². The van der Waals surface area contributed by atoms with Crippen LogP contribution in [-0.4, -0.2) is 77.7 Å². The van der Waals surface area contributed by atoms with E-state index >= 15 is 0 Å². The van der Waals surface area contributed by atoms with Gasteiger partial charge in [0.1, 0.15) is 6.17 Å². The number of aliphatic imine (C=N–C) groups is 1. The fourth-order valence-corrected chi connectivity index (χ4v) is 4.12. The molecule has 1 saturated heterocycles. The Hall–Kier alpha value is -2.98.